The number of ether oxygens (including phenoxy) is 3. The SMILES string of the molecule is CCc1cc(O)c2c3ccc(cc13)COc1cc(ccc1OC)CCC(=O)CC(CC1(CCO)C=C(O)C=CC1CCCCc1ccccc1)OC#CC2. The third-order valence-electron chi connectivity index (χ3n) is 11.0. The van der Waals surface area contributed by atoms with Gasteiger partial charge in [0.25, 0.3) is 0 Å². The second-order valence-electron chi connectivity index (χ2n) is 14.7. The number of carbonyl (C=O) groups is 1. The largest absolute Gasteiger partial charge is 0.508 e. The number of methoxy groups -OCH3 is 1. The number of phenolic OH excluding ortho intramolecular Hbond substituents is 1. The van der Waals surface area contributed by atoms with Gasteiger partial charge < -0.3 is 29.5 Å². The summed E-state index contributed by atoms with van der Waals surface area (Å²) in [5, 5.41) is 34.3. The maximum atomic E-state index is 13.7. The molecule has 4 aromatic carbocycles. The number of benzene rings is 4. The lowest BCUT2D eigenvalue weighted by atomic mass is 9.65. The average molecular weight is 729 g/mol. The number of fused-ring (bicyclic) bond motifs is 9. The molecule has 0 saturated heterocycles. The average Bonchev–Trinajstić information content (AvgIpc) is 3.17. The van der Waals surface area contributed by atoms with Gasteiger partial charge in [0, 0.05) is 36.8 Å². The molecule has 0 aromatic heterocycles. The molecule has 4 aromatic rings. The van der Waals surface area contributed by atoms with Gasteiger partial charge in [-0.25, -0.2) is 0 Å². The van der Waals surface area contributed by atoms with Crippen molar-refractivity contribution in [1.29, 1.82) is 0 Å². The molecule has 0 fully saturated rings. The number of carbonyl (C=O) groups excluding carboxylic acids is 1. The van der Waals surface area contributed by atoms with Crippen LogP contribution in [0.25, 0.3) is 10.8 Å². The molecule has 7 nitrogen and oxygen atoms in total. The predicted octanol–water partition coefficient (Wildman–Crippen LogP) is 9.29. The van der Waals surface area contributed by atoms with Crippen molar-refractivity contribution in [1.82, 2.24) is 0 Å². The number of hydrogen-bond donors (Lipinski definition) is 3. The van der Waals surface area contributed by atoms with Crippen molar-refractivity contribution in [3.63, 3.8) is 0 Å². The van der Waals surface area contributed by atoms with Crippen LogP contribution in [0.1, 0.15) is 79.7 Å². The van der Waals surface area contributed by atoms with Crippen molar-refractivity contribution in [2.45, 2.75) is 90.3 Å². The first-order valence-electron chi connectivity index (χ1n) is 19.3. The van der Waals surface area contributed by atoms with Crippen molar-refractivity contribution < 1.29 is 34.3 Å². The summed E-state index contributed by atoms with van der Waals surface area (Å²) in [7, 11) is 1.61. The van der Waals surface area contributed by atoms with Gasteiger partial charge in [-0.05, 0) is 120 Å². The molecule has 54 heavy (non-hydrogen) atoms. The summed E-state index contributed by atoms with van der Waals surface area (Å²) in [5.74, 6) is 4.75. The first kappa shape index (κ1) is 38.5. The van der Waals surface area contributed by atoms with Gasteiger partial charge >= 0.3 is 0 Å². The summed E-state index contributed by atoms with van der Waals surface area (Å²) in [6.45, 7) is 2.32. The van der Waals surface area contributed by atoms with Gasteiger partial charge in [0.15, 0.2) is 11.5 Å². The molecule has 0 saturated carbocycles. The summed E-state index contributed by atoms with van der Waals surface area (Å²) in [4.78, 5) is 13.7. The van der Waals surface area contributed by atoms with E-state index in [2.05, 4.69) is 49.3 Å². The lowest BCUT2D eigenvalue weighted by Gasteiger charge is -2.41. The van der Waals surface area contributed by atoms with Crippen molar-refractivity contribution >= 4 is 16.6 Å². The minimum absolute atomic E-state index is 0.0305. The minimum Gasteiger partial charge on any atom is -0.508 e. The summed E-state index contributed by atoms with van der Waals surface area (Å²) in [6.07, 6.45) is 14.5. The number of ketones is 1. The van der Waals surface area contributed by atoms with Crippen molar-refractivity contribution in [2.24, 2.45) is 11.3 Å². The zero-order valence-corrected chi connectivity index (χ0v) is 31.5. The fraction of sp³-hybridized carbons (Fsp3) is 0.383. The van der Waals surface area contributed by atoms with E-state index in [4.69, 9.17) is 14.2 Å². The molecule has 3 N–H and O–H groups in total. The van der Waals surface area contributed by atoms with E-state index in [1.807, 2.05) is 54.6 Å². The van der Waals surface area contributed by atoms with Crippen LogP contribution in [0.5, 0.6) is 17.2 Å². The van der Waals surface area contributed by atoms with Gasteiger partial charge in [-0.3, -0.25) is 4.79 Å². The highest BCUT2D eigenvalue weighted by Crippen LogP contribution is 2.46. The number of allylic oxidation sites excluding steroid dienone is 3. The zero-order valence-electron chi connectivity index (χ0n) is 31.5. The maximum absolute atomic E-state index is 13.7. The van der Waals surface area contributed by atoms with Crippen LogP contribution in [0.4, 0.5) is 0 Å². The first-order valence-corrected chi connectivity index (χ1v) is 19.3. The van der Waals surface area contributed by atoms with Crippen molar-refractivity contribution in [3.8, 4) is 29.3 Å². The number of Topliss-reactive ketones (excluding diaryl/α,β-unsaturated/α-hetero) is 1. The molecule has 0 spiro atoms. The molecular formula is C47H52O7. The third kappa shape index (κ3) is 9.48. The van der Waals surface area contributed by atoms with E-state index >= 15 is 0 Å². The number of aromatic hydroxyl groups is 1. The Morgan fingerprint density at radius 1 is 0.963 bits per heavy atom. The van der Waals surface area contributed by atoms with Gasteiger partial charge in [0.2, 0.25) is 0 Å². The second kappa shape index (κ2) is 18.2. The third-order valence-corrected chi connectivity index (χ3v) is 11.0. The standard InChI is InChI=1S/C47H52O7/c1-3-36-28-44(51)42-14-9-25-53-40(31-47(23-24-48)30-39(50)20-18-37(47)13-8-7-12-33-10-5-4-6-11-33)29-38(49)19-15-34-17-22-45(52-2)46(27-34)54-32-35-16-21-41(42)43(36)26-35/h4-6,10-11,16-18,20-22,26-28,30,37,40,48,50-51H,3,7-8,12-15,19,23-24,29,31-32H2,1-2H3. The van der Waals surface area contributed by atoms with E-state index in [-0.39, 0.29) is 42.7 Å². The van der Waals surface area contributed by atoms with Crippen LogP contribution < -0.4 is 9.47 Å². The lowest BCUT2D eigenvalue weighted by Crippen LogP contribution is -2.36. The molecule has 2 aliphatic heterocycles. The van der Waals surface area contributed by atoms with Crippen LogP contribution in [-0.4, -0.2) is 40.9 Å². The van der Waals surface area contributed by atoms with Gasteiger partial charge in [-0.1, -0.05) is 73.9 Å². The second-order valence-corrected chi connectivity index (χ2v) is 14.7. The summed E-state index contributed by atoms with van der Waals surface area (Å²) < 4.78 is 18.2. The molecule has 0 amide bonds. The molecule has 7 rings (SSSR count). The van der Waals surface area contributed by atoms with Crippen molar-refractivity contribution in [2.75, 3.05) is 13.7 Å². The number of rotatable bonds is 11. The Bertz CT molecular complexity index is 2040. The van der Waals surface area contributed by atoms with E-state index < -0.39 is 11.5 Å². The minimum atomic E-state index is -0.632. The highest BCUT2D eigenvalue weighted by molar-refractivity contribution is 5.91. The van der Waals surface area contributed by atoms with Crippen molar-refractivity contribution in [3.05, 3.63) is 125 Å². The number of hydrogen-bond acceptors (Lipinski definition) is 7. The fourth-order valence-electron chi connectivity index (χ4n) is 8.13. The lowest BCUT2D eigenvalue weighted by molar-refractivity contribution is -0.121. The van der Waals surface area contributed by atoms with Crippen LogP contribution in [0, 0.1) is 23.4 Å². The number of phenols is 1. The monoisotopic (exact) mass is 728 g/mol. The quantitative estimate of drug-likeness (QED) is 0.104. The Morgan fingerprint density at radius 3 is 2.59 bits per heavy atom. The van der Waals surface area contributed by atoms with Crippen LogP contribution in [0.3, 0.4) is 0 Å². The number of unbranched alkanes of at least 4 members (excludes halogenated alkanes) is 1. The molecule has 3 aliphatic rings. The van der Waals surface area contributed by atoms with E-state index in [9.17, 15) is 20.1 Å². The Kier molecular flexibility index (Phi) is 13.0. The van der Waals surface area contributed by atoms with Crippen LogP contribution in [-0.2, 0) is 41.8 Å². The number of aryl methyl sites for hydroxylation is 3. The molecule has 6 bridgehead atoms. The topological polar surface area (TPSA) is 105 Å². The van der Waals surface area contributed by atoms with Gasteiger partial charge in [-0.15, -0.1) is 0 Å². The van der Waals surface area contributed by atoms with E-state index in [0.29, 0.717) is 49.4 Å². The molecule has 0 radical (unpaired) electrons. The Hall–Kier alpha value is -5.19. The molecule has 3 unspecified atom stereocenters. The Balaban J connectivity index is 1.30. The van der Waals surface area contributed by atoms with Crippen LogP contribution >= 0.6 is 0 Å². The summed E-state index contributed by atoms with van der Waals surface area (Å²) in [6, 6.07) is 24.2. The number of aliphatic hydroxyl groups is 2. The maximum Gasteiger partial charge on any atom is 0.161 e. The van der Waals surface area contributed by atoms with E-state index in [1.165, 1.54) is 5.56 Å². The van der Waals surface area contributed by atoms with Crippen LogP contribution in [0.15, 0.2) is 96.8 Å². The first-order chi connectivity index (χ1) is 26.3. The molecule has 7 heteroatoms. The highest BCUT2D eigenvalue weighted by Gasteiger charge is 2.40. The van der Waals surface area contributed by atoms with Gasteiger partial charge in [0.05, 0.1) is 7.11 Å². The highest BCUT2D eigenvalue weighted by atomic mass is 16.5. The fourth-order valence-corrected chi connectivity index (χ4v) is 8.13. The molecular weight excluding hydrogens is 677 g/mol. The molecule has 3 atom stereocenters. The van der Waals surface area contributed by atoms with Gasteiger partial charge in [-0.2, -0.15) is 0 Å². The van der Waals surface area contributed by atoms with E-state index in [0.717, 1.165) is 59.6 Å². The smallest absolute Gasteiger partial charge is 0.161 e. The molecule has 2 heterocycles. The van der Waals surface area contributed by atoms with Gasteiger partial charge in [0.1, 0.15) is 36.1 Å². The predicted molar refractivity (Wildman–Crippen MR) is 213 cm³/mol. The molecule has 1 aliphatic carbocycles. The Labute approximate surface area is 319 Å². The van der Waals surface area contributed by atoms with E-state index in [1.54, 1.807) is 13.2 Å². The molecule has 282 valence electrons. The van der Waals surface area contributed by atoms with Crippen LogP contribution in [0.2, 0.25) is 0 Å². The summed E-state index contributed by atoms with van der Waals surface area (Å²) >= 11 is 0. The summed E-state index contributed by atoms with van der Waals surface area (Å²) in [5.41, 5.74) is 4.35. The Morgan fingerprint density at radius 2 is 1.80 bits per heavy atom. The number of aliphatic hydroxyl groups excluding tert-OH is 2. The zero-order chi connectivity index (χ0) is 37.9. The normalized spacial score (nSPS) is 20.2.